The van der Waals surface area contributed by atoms with Crippen molar-refractivity contribution < 1.29 is 61.1 Å². The van der Waals surface area contributed by atoms with Crippen LogP contribution in [-0.2, 0) is 82.5 Å². The van der Waals surface area contributed by atoms with Crippen LogP contribution in [0.3, 0.4) is 0 Å². The second kappa shape index (κ2) is 20.1. The molecular weight excluding hydrogens is 918 g/mol. The van der Waals surface area contributed by atoms with Crippen LogP contribution in [0.2, 0.25) is 0 Å². The fourth-order valence-corrected chi connectivity index (χ4v) is 13.0. The Kier molecular flexibility index (Phi) is 14.2. The maximum absolute atomic E-state index is 15.6. The maximum atomic E-state index is 15.6. The molecule has 4 aromatic carbocycles. The number of phosphoric acid groups is 1. The standard InChI is InChI=1S/C53H64N3O13P/c1-50(2)38-26-27-52(50,5)53(28-38)67-46-45-44(65-51(3,4)66-45)43(48(47(46)68-53)69-70(58,61-31-36-22-14-8-15-23-36)62-32-37-24-16-9-17-25-37)64-49-40(55-56-54)42(60-30-35-20-12-7-13-21-35)41(57)39(63-49)33-59-29-34-18-10-6-11-19-34/h6-25,38-49,57H,26-33H2,1-5H3/t38?,39-,40-,41-,42-,43-,44-,45+,46-,47-,48+,49-,52?,53?/m1/s1. The number of ether oxygens (including phenoxy) is 8. The Balaban J connectivity index is 1.04. The minimum Gasteiger partial charge on any atom is -0.388 e. The Labute approximate surface area is 409 Å². The highest BCUT2D eigenvalue weighted by molar-refractivity contribution is 7.48. The minimum atomic E-state index is -4.60. The highest BCUT2D eigenvalue weighted by Crippen LogP contribution is 2.73. The van der Waals surface area contributed by atoms with Crippen molar-refractivity contribution in [3.63, 3.8) is 0 Å². The van der Waals surface area contributed by atoms with Gasteiger partial charge in [0.2, 0.25) is 0 Å². The zero-order chi connectivity index (χ0) is 48.7. The van der Waals surface area contributed by atoms with Gasteiger partial charge in [0.1, 0.15) is 54.9 Å². The Hall–Kier alpha value is -4.06. The third-order valence-corrected chi connectivity index (χ3v) is 17.1. The van der Waals surface area contributed by atoms with E-state index in [1.54, 1.807) is 13.8 Å². The maximum Gasteiger partial charge on any atom is 0.475 e. The SMILES string of the molecule is CC1(C)O[C@@H]2[C@@H](O[C@H]3O[C@H](COCc4ccccc4)[C@@H](O)[C@H](OCc4ccccc4)[C@H]3N=[N+]=[N-])[C@H](OP(=O)(OCc3ccccc3)OCc3ccccc3)[C@@H]3OC4(CC5CCC4(C)C5(C)C)O[C@@H]3[C@H]2O1. The molecule has 10 rings (SSSR count). The largest absolute Gasteiger partial charge is 0.475 e. The molecule has 17 heteroatoms. The van der Waals surface area contributed by atoms with Gasteiger partial charge in [-0.05, 0) is 65.8 Å². The second-order valence-corrected chi connectivity index (χ2v) is 22.2. The van der Waals surface area contributed by atoms with Gasteiger partial charge in [0.15, 0.2) is 17.9 Å². The number of azide groups is 1. The Morgan fingerprint density at radius 1 is 0.686 bits per heavy atom. The van der Waals surface area contributed by atoms with Crippen molar-refractivity contribution in [1.29, 1.82) is 0 Å². The van der Waals surface area contributed by atoms with Gasteiger partial charge in [-0.3, -0.25) is 13.6 Å². The summed E-state index contributed by atoms with van der Waals surface area (Å²) in [5, 5.41) is 16.3. The summed E-state index contributed by atoms with van der Waals surface area (Å²) in [6.07, 6.45) is -8.47. The summed E-state index contributed by atoms with van der Waals surface area (Å²) < 4.78 is 89.8. The molecule has 3 aliphatic heterocycles. The smallest absolute Gasteiger partial charge is 0.388 e. The van der Waals surface area contributed by atoms with Crippen LogP contribution >= 0.6 is 7.82 Å². The number of phosphoric ester groups is 1. The highest BCUT2D eigenvalue weighted by Gasteiger charge is 2.77. The molecular formula is C53H64N3O13P. The number of aliphatic hydroxyl groups excluding tert-OH is 1. The number of aliphatic hydroxyl groups is 1. The molecule has 14 atom stereocenters. The first-order valence-electron chi connectivity index (χ1n) is 24.4. The first kappa shape index (κ1) is 49.5. The number of benzene rings is 4. The predicted octanol–water partition coefficient (Wildman–Crippen LogP) is 9.73. The van der Waals surface area contributed by atoms with Gasteiger partial charge < -0.3 is 43.0 Å². The van der Waals surface area contributed by atoms with Crippen molar-refractivity contribution in [2.24, 2.45) is 21.9 Å². The third kappa shape index (κ3) is 9.66. The van der Waals surface area contributed by atoms with E-state index in [0.29, 0.717) is 12.3 Å². The van der Waals surface area contributed by atoms with Gasteiger partial charge in [0.25, 0.3) is 0 Å². The molecule has 374 valence electrons. The lowest BCUT2D eigenvalue weighted by molar-refractivity contribution is -0.312. The van der Waals surface area contributed by atoms with E-state index in [9.17, 15) is 10.6 Å². The Morgan fingerprint density at radius 3 is 1.74 bits per heavy atom. The number of nitrogens with zero attached hydrogens (tertiary/aromatic N) is 3. The molecule has 2 bridgehead atoms. The first-order chi connectivity index (χ1) is 33.7. The lowest BCUT2D eigenvalue weighted by atomic mass is 9.68. The molecule has 6 fully saturated rings. The van der Waals surface area contributed by atoms with Gasteiger partial charge in [0.05, 0.1) is 39.1 Å². The quantitative estimate of drug-likeness (QED) is 0.0430. The zero-order valence-corrected chi connectivity index (χ0v) is 41.2. The molecule has 3 heterocycles. The number of hydrogen-bond donors (Lipinski definition) is 1. The van der Waals surface area contributed by atoms with E-state index in [0.717, 1.165) is 35.1 Å². The average Bonchev–Trinajstić information content (AvgIpc) is 4.02. The summed E-state index contributed by atoms with van der Waals surface area (Å²) in [6, 6.07) is 36.5. The van der Waals surface area contributed by atoms with E-state index in [2.05, 4.69) is 30.8 Å². The van der Waals surface area contributed by atoms with Gasteiger partial charge >= 0.3 is 7.82 Å². The highest BCUT2D eigenvalue weighted by atomic mass is 31.2. The monoisotopic (exact) mass is 981 g/mol. The normalized spacial score (nSPS) is 35.9. The van der Waals surface area contributed by atoms with E-state index < -0.39 is 92.1 Å². The summed E-state index contributed by atoms with van der Waals surface area (Å²) in [4.78, 5) is 3.21. The molecule has 3 unspecified atom stereocenters. The van der Waals surface area contributed by atoms with Gasteiger partial charge in [0, 0.05) is 16.7 Å². The second-order valence-electron chi connectivity index (χ2n) is 20.6. The van der Waals surface area contributed by atoms with Crippen molar-refractivity contribution in [1.82, 2.24) is 0 Å². The minimum absolute atomic E-state index is 0.0726. The average molecular weight is 982 g/mol. The molecule has 3 saturated carbocycles. The van der Waals surface area contributed by atoms with Crippen molar-refractivity contribution in [3.05, 3.63) is 154 Å². The van der Waals surface area contributed by atoms with E-state index in [4.69, 9.17) is 51.5 Å². The van der Waals surface area contributed by atoms with Gasteiger partial charge in [-0.2, -0.15) is 0 Å². The van der Waals surface area contributed by atoms with Gasteiger partial charge in [-0.15, -0.1) is 0 Å². The van der Waals surface area contributed by atoms with Crippen LogP contribution in [0.5, 0.6) is 0 Å². The van der Waals surface area contributed by atoms with E-state index in [1.165, 1.54) is 0 Å². The summed E-state index contributed by atoms with van der Waals surface area (Å²) in [5.74, 6) is -1.91. The van der Waals surface area contributed by atoms with Gasteiger partial charge in [-0.25, -0.2) is 4.57 Å². The zero-order valence-electron chi connectivity index (χ0n) is 40.3. The summed E-state index contributed by atoms with van der Waals surface area (Å²) in [5.41, 5.74) is 12.8. The predicted molar refractivity (Wildman–Crippen MR) is 254 cm³/mol. The number of fused-ring (bicyclic) bond motifs is 6. The van der Waals surface area contributed by atoms with Crippen molar-refractivity contribution >= 4 is 7.82 Å². The molecule has 0 radical (unpaired) electrons. The van der Waals surface area contributed by atoms with Crippen molar-refractivity contribution in [2.75, 3.05) is 6.61 Å². The van der Waals surface area contributed by atoms with Crippen LogP contribution in [0.1, 0.15) is 76.1 Å². The number of rotatable bonds is 18. The third-order valence-electron chi connectivity index (χ3n) is 15.7. The molecule has 70 heavy (non-hydrogen) atoms. The molecule has 6 aliphatic rings. The molecule has 3 saturated heterocycles. The van der Waals surface area contributed by atoms with E-state index in [1.807, 2.05) is 121 Å². The Bertz CT molecular complexity index is 2440. The van der Waals surface area contributed by atoms with Gasteiger partial charge in [-0.1, -0.05) is 147 Å². The van der Waals surface area contributed by atoms with Crippen LogP contribution in [-0.4, -0.2) is 90.6 Å². The van der Waals surface area contributed by atoms with Crippen LogP contribution in [0.4, 0.5) is 0 Å². The van der Waals surface area contributed by atoms with Crippen LogP contribution in [0.15, 0.2) is 126 Å². The lowest BCUT2D eigenvalue weighted by Gasteiger charge is -2.47. The summed E-state index contributed by atoms with van der Waals surface area (Å²) in [6.45, 7) is 10.4. The lowest BCUT2D eigenvalue weighted by Crippen LogP contribution is -2.66. The summed E-state index contributed by atoms with van der Waals surface area (Å²) in [7, 11) is -4.60. The van der Waals surface area contributed by atoms with Crippen molar-refractivity contribution in [2.45, 2.75) is 159 Å². The molecule has 4 aromatic rings. The molecule has 3 aliphatic carbocycles. The molecule has 1 spiro atoms. The van der Waals surface area contributed by atoms with Crippen LogP contribution in [0.25, 0.3) is 10.4 Å². The fraction of sp³-hybridized carbons (Fsp3) is 0.547. The molecule has 0 amide bonds. The van der Waals surface area contributed by atoms with E-state index >= 15 is 4.57 Å². The Morgan fingerprint density at radius 2 is 1.20 bits per heavy atom. The number of hydrogen-bond acceptors (Lipinski definition) is 14. The van der Waals surface area contributed by atoms with Crippen LogP contribution in [0, 0.1) is 16.7 Å². The fourth-order valence-electron chi connectivity index (χ4n) is 11.6. The molecule has 16 nitrogen and oxygen atoms in total. The first-order valence-corrected chi connectivity index (χ1v) is 25.8. The summed E-state index contributed by atoms with van der Waals surface area (Å²) >= 11 is 0. The molecule has 0 aromatic heterocycles. The van der Waals surface area contributed by atoms with E-state index in [-0.39, 0.29) is 38.4 Å². The molecule has 1 N–H and O–H groups in total. The van der Waals surface area contributed by atoms with Crippen LogP contribution < -0.4 is 0 Å². The van der Waals surface area contributed by atoms with Crippen molar-refractivity contribution in [3.8, 4) is 0 Å². The topological polar surface area (TPSA) is 188 Å².